The van der Waals surface area contributed by atoms with E-state index in [0.29, 0.717) is 30.8 Å². The van der Waals surface area contributed by atoms with Gasteiger partial charge in [0.25, 0.3) is 5.91 Å². The lowest BCUT2D eigenvalue weighted by Crippen LogP contribution is -2.70. The van der Waals surface area contributed by atoms with Crippen molar-refractivity contribution in [3.8, 4) is 0 Å². The van der Waals surface area contributed by atoms with Gasteiger partial charge in [-0.3, -0.25) is 19.3 Å². The molecular formula is C41H36ClN3O7S5. The maximum Gasteiger partial charge on any atom is 0.407 e. The molecule has 1 fully saturated rings. The molecule has 0 radical (unpaired) electrons. The third-order valence-corrected chi connectivity index (χ3v) is 14.6. The molecule has 10 nitrogen and oxygen atoms in total. The van der Waals surface area contributed by atoms with Gasteiger partial charge in [-0.05, 0) is 66.5 Å². The Morgan fingerprint density at radius 2 is 1.70 bits per heavy atom. The maximum atomic E-state index is 14.5. The maximum absolute atomic E-state index is 14.5. The van der Waals surface area contributed by atoms with E-state index < -0.39 is 41.1 Å². The number of fused-ring (bicyclic) bond motifs is 2. The number of thiophene rings is 2. The van der Waals surface area contributed by atoms with E-state index in [4.69, 9.17) is 21.1 Å². The van der Waals surface area contributed by atoms with Crippen molar-refractivity contribution in [1.29, 1.82) is 0 Å². The molecule has 2 aliphatic heterocycles. The number of benzene rings is 2. The van der Waals surface area contributed by atoms with Crippen LogP contribution in [-0.2, 0) is 36.8 Å². The SMILES string of the molecule is CC(C)(C)OC(=O)NCc1c(SC=CC2=C(C(=O)OC(c3ccccc3)c3ccccc3)N3C(=O)C(NC(=O)Cc4cccs4)[C@H]3SC2)sc2sc(Cl)cc2c1=O. The molecule has 0 saturated carbocycles. The van der Waals surface area contributed by atoms with Gasteiger partial charge >= 0.3 is 12.1 Å². The van der Waals surface area contributed by atoms with E-state index in [9.17, 15) is 24.0 Å². The van der Waals surface area contributed by atoms with Crippen molar-refractivity contribution in [3.05, 3.63) is 143 Å². The molecule has 5 aromatic rings. The lowest BCUT2D eigenvalue weighted by atomic mass is 10.0. The minimum Gasteiger partial charge on any atom is -0.448 e. The number of hydrogen-bond donors (Lipinski definition) is 2. The zero-order valence-electron chi connectivity index (χ0n) is 30.8. The van der Waals surface area contributed by atoms with Crippen molar-refractivity contribution in [2.75, 3.05) is 5.75 Å². The van der Waals surface area contributed by atoms with Crippen LogP contribution in [0.3, 0.4) is 0 Å². The van der Waals surface area contributed by atoms with Crippen LogP contribution in [0.25, 0.3) is 9.40 Å². The number of thioether (sulfide) groups is 2. The van der Waals surface area contributed by atoms with Crippen molar-refractivity contribution in [2.45, 2.75) is 61.1 Å². The summed E-state index contributed by atoms with van der Waals surface area (Å²) in [6, 6.07) is 23.3. The van der Waals surface area contributed by atoms with Crippen LogP contribution in [0.2, 0.25) is 4.34 Å². The summed E-state index contributed by atoms with van der Waals surface area (Å²) in [5.41, 5.74) is 1.51. The minimum atomic E-state index is -0.814. The minimum absolute atomic E-state index is 0.0795. The zero-order valence-corrected chi connectivity index (χ0v) is 35.7. The van der Waals surface area contributed by atoms with Crippen LogP contribution in [0.5, 0.6) is 0 Å². The van der Waals surface area contributed by atoms with Gasteiger partial charge < -0.3 is 20.1 Å². The Morgan fingerprint density at radius 1 is 1.00 bits per heavy atom. The van der Waals surface area contributed by atoms with Crippen molar-refractivity contribution < 1.29 is 28.7 Å². The van der Waals surface area contributed by atoms with E-state index >= 15 is 0 Å². The highest BCUT2D eigenvalue weighted by Gasteiger charge is 2.54. The van der Waals surface area contributed by atoms with Crippen LogP contribution in [-0.4, -0.2) is 51.5 Å². The van der Waals surface area contributed by atoms with Gasteiger partial charge in [0.2, 0.25) is 5.91 Å². The summed E-state index contributed by atoms with van der Waals surface area (Å²) in [7, 11) is 0. The normalized spacial score (nSPS) is 16.8. The number of carbonyl (C=O) groups is 4. The molecule has 0 spiro atoms. The number of amides is 3. The number of halogens is 1. The van der Waals surface area contributed by atoms with Crippen LogP contribution in [0, 0.1) is 0 Å². The van der Waals surface area contributed by atoms with Crippen LogP contribution < -0.4 is 16.1 Å². The van der Waals surface area contributed by atoms with Gasteiger partial charge in [0.1, 0.15) is 22.7 Å². The van der Waals surface area contributed by atoms with Gasteiger partial charge in [-0.2, -0.15) is 0 Å². The quantitative estimate of drug-likeness (QED) is 0.0717. The molecule has 3 amide bonds. The Bertz CT molecular complexity index is 2390. The lowest BCUT2D eigenvalue weighted by molar-refractivity contribution is -0.154. The van der Waals surface area contributed by atoms with E-state index in [-0.39, 0.29) is 30.0 Å². The first kappa shape index (κ1) is 40.8. The second-order valence-electron chi connectivity index (χ2n) is 13.9. The van der Waals surface area contributed by atoms with Gasteiger partial charge in [-0.15, -0.1) is 45.8 Å². The molecule has 57 heavy (non-hydrogen) atoms. The van der Waals surface area contributed by atoms with Gasteiger partial charge in [-0.1, -0.05) is 90.1 Å². The van der Waals surface area contributed by atoms with E-state index in [1.54, 1.807) is 38.3 Å². The van der Waals surface area contributed by atoms with E-state index in [1.807, 2.05) is 78.2 Å². The summed E-state index contributed by atoms with van der Waals surface area (Å²) in [6.07, 6.45) is 0.469. The molecule has 294 valence electrons. The molecular weight excluding hydrogens is 842 g/mol. The predicted octanol–water partition coefficient (Wildman–Crippen LogP) is 8.90. The van der Waals surface area contributed by atoms with Gasteiger partial charge in [0, 0.05) is 16.2 Å². The van der Waals surface area contributed by atoms with Crippen molar-refractivity contribution >= 4 is 102 Å². The van der Waals surface area contributed by atoms with E-state index in [0.717, 1.165) is 20.0 Å². The second kappa shape index (κ2) is 17.6. The van der Waals surface area contributed by atoms with Crippen molar-refractivity contribution in [3.63, 3.8) is 0 Å². The second-order valence-corrected chi connectivity index (χ2v) is 20.2. The number of esters is 1. The Balaban J connectivity index is 1.20. The highest BCUT2D eigenvalue weighted by molar-refractivity contribution is 8.04. The molecule has 0 bridgehead atoms. The highest BCUT2D eigenvalue weighted by atomic mass is 35.5. The number of carbonyl (C=O) groups excluding carboxylic acids is 4. The van der Waals surface area contributed by atoms with Gasteiger partial charge in [-0.25, -0.2) is 9.59 Å². The monoisotopic (exact) mass is 877 g/mol. The molecule has 2 N–H and O–H groups in total. The van der Waals surface area contributed by atoms with E-state index in [2.05, 4.69) is 10.6 Å². The molecule has 1 saturated heterocycles. The summed E-state index contributed by atoms with van der Waals surface area (Å²) < 4.78 is 13.5. The number of hydrogen-bond acceptors (Lipinski definition) is 12. The number of rotatable bonds is 12. The number of nitrogens with zero attached hydrogens (tertiary/aromatic N) is 1. The largest absolute Gasteiger partial charge is 0.448 e. The van der Waals surface area contributed by atoms with Crippen LogP contribution in [0.1, 0.15) is 48.4 Å². The average molecular weight is 879 g/mol. The molecule has 5 heterocycles. The average Bonchev–Trinajstić information content (AvgIpc) is 3.84. The molecule has 2 aromatic carbocycles. The van der Waals surface area contributed by atoms with Gasteiger partial charge in [0.15, 0.2) is 11.5 Å². The first-order valence-electron chi connectivity index (χ1n) is 17.7. The fourth-order valence-corrected chi connectivity index (χ4v) is 12.1. The molecule has 3 aromatic heterocycles. The Labute approximate surface area is 354 Å². The fraction of sp³-hybridized carbons (Fsp3) is 0.244. The third-order valence-electron chi connectivity index (χ3n) is 8.72. The first-order valence-corrected chi connectivity index (χ1v) is 22.5. The molecule has 16 heteroatoms. The number of nitrogens with one attached hydrogen (secondary N) is 2. The number of allylic oxidation sites excluding steroid dienone is 1. The lowest BCUT2D eigenvalue weighted by Gasteiger charge is -2.49. The summed E-state index contributed by atoms with van der Waals surface area (Å²) >= 11 is 13.1. The smallest absolute Gasteiger partial charge is 0.407 e. The molecule has 2 aliphatic rings. The van der Waals surface area contributed by atoms with Crippen LogP contribution in [0.15, 0.2) is 116 Å². The van der Waals surface area contributed by atoms with Crippen molar-refractivity contribution in [1.82, 2.24) is 15.5 Å². The van der Waals surface area contributed by atoms with Crippen LogP contribution >= 0.6 is 69.1 Å². The Morgan fingerprint density at radius 3 is 2.35 bits per heavy atom. The number of alkyl carbamates (subject to hydrolysis) is 1. The Kier molecular flexibility index (Phi) is 12.6. The topological polar surface area (TPSA) is 131 Å². The Hall–Kier alpha value is -4.38. The number of β-lactam (4-membered cyclic amide) rings is 1. The number of ether oxygens (including phenoxy) is 2. The highest BCUT2D eigenvalue weighted by Crippen LogP contribution is 2.43. The fourth-order valence-electron chi connectivity index (χ4n) is 6.18. The first-order chi connectivity index (χ1) is 27.4. The van der Waals surface area contributed by atoms with Crippen molar-refractivity contribution in [2.24, 2.45) is 0 Å². The summed E-state index contributed by atoms with van der Waals surface area (Å²) in [5.74, 6) is -1.06. The molecule has 7 rings (SSSR count). The molecule has 2 atom stereocenters. The predicted molar refractivity (Wildman–Crippen MR) is 230 cm³/mol. The van der Waals surface area contributed by atoms with E-state index in [1.165, 1.54) is 62.4 Å². The van der Waals surface area contributed by atoms with Crippen LogP contribution in [0.4, 0.5) is 4.79 Å². The summed E-state index contributed by atoms with van der Waals surface area (Å²) in [5, 5.41) is 9.16. The zero-order chi connectivity index (χ0) is 40.3. The standard InChI is InChI=1S/C41H36ClN3O7S5/c1-41(2,3)52-40(50)43-21-28-33(47)27-20-29(42)56-39(27)57-38(28)54-18-16-25-22-55-36-31(44-30(46)19-26-15-10-17-53-26)35(48)45(36)32(25)37(49)51-34(23-11-6-4-7-12-23)24-13-8-5-9-14-24/h4-18,20,31,34,36H,19,21-22H2,1-3H3,(H,43,50)(H,44,46)/t31?,36-/m1/s1. The summed E-state index contributed by atoms with van der Waals surface area (Å²) in [6.45, 7) is 5.18. The third kappa shape index (κ3) is 9.51. The van der Waals surface area contributed by atoms with Gasteiger partial charge in [0.05, 0.1) is 30.9 Å². The summed E-state index contributed by atoms with van der Waals surface area (Å²) in [4.78, 5) is 69.9. The molecule has 0 aliphatic carbocycles. The molecule has 1 unspecified atom stereocenters.